The molecule has 1 aliphatic heterocycles. The molecule has 1 aromatic rings. The molecule has 0 spiro atoms. The van der Waals surface area contributed by atoms with Gasteiger partial charge >= 0.3 is 0 Å². The van der Waals surface area contributed by atoms with Crippen molar-refractivity contribution in [3.8, 4) is 0 Å². The Morgan fingerprint density at radius 3 is 2.78 bits per heavy atom. The van der Waals surface area contributed by atoms with Gasteiger partial charge in [0, 0.05) is 25.2 Å². The molecule has 2 amide bonds. The predicted octanol–water partition coefficient (Wildman–Crippen LogP) is 1.72. The van der Waals surface area contributed by atoms with E-state index in [1.165, 1.54) is 0 Å². The van der Waals surface area contributed by atoms with E-state index >= 15 is 0 Å². The summed E-state index contributed by atoms with van der Waals surface area (Å²) < 4.78 is 0. The molecule has 0 saturated carbocycles. The normalized spacial score (nSPS) is 17.9. The highest BCUT2D eigenvalue weighted by molar-refractivity contribution is 6.00. The summed E-state index contributed by atoms with van der Waals surface area (Å²) in [5, 5.41) is 2.95. The van der Waals surface area contributed by atoms with E-state index in [2.05, 4.69) is 10.2 Å². The van der Waals surface area contributed by atoms with Gasteiger partial charge in [0.05, 0.1) is 5.92 Å². The van der Waals surface area contributed by atoms with Gasteiger partial charge in [-0.1, -0.05) is 12.1 Å². The summed E-state index contributed by atoms with van der Waals surface area (Å²) in [5.41, 5.74) is 3.11. The van der Waals surface area contributed by atoms with E-state index in [1.54, 1.807) is 4.90 Å². The van der Waals surface area contributed by atoms with Gasteiger partial charge in [0.25, 0.3) is 0 Å². The molecule has 0 aromatic heterocycles. The molecule has 1 heterocycles. The molecule has 0 bridgehead atoms. The van der Waals surface area contributed by atoms with Crippen molar-refractivity contribution in [2.75, 3.05) is 38.6 Å². The van der Waals surface area contributed by atoms with Gasteiger partial charge in [-0.3, -0.25) is 9.59 Å². The molecule has 5 heteroatoms. The molecule has 126 valence electrons. The number of rotatable bonds is 6. The van der Waals surface area contributed by atoms with Gasteiger partial charge in [0.1, 0.15) is 0 Å². The Morgan fingerprint density at radius 1 is 1.35 bits per heavy atom. The van der Waals surface area contributed by atoms with Crippen molar-refractivity contribution in [3.05, 3.63) is 29.3 Å². The molecular weight excluding hydrogens is 290 g/mol. The summed E-state index contributed by atoms with van der Waals surface area (Å²) in [6.07, 6.45) is 1.22. The lowest BCUT2D eigenvalue weighted by atomic mass is 10.1. The van der Waals surface area contributed by atoms with Crippen LogP contribution in [-0.4, -0.2) is 50.4 Å². The van der Waals surface area contributed by atoms with Gasteiger partial charge in [-0.05, 0) is 58.1 Å². The molecule has 5 nitrogen and oxygen atoms in total. The van der Waals surface area contributed by atoms with E-state index in [4.69, 9.17) is 0 Å². The molecule has 2 rings (SSSR count). The molecule has 1 aromatic carbocycles. The van der Waals surface area contributed by atoms with E-state index in [0.29, 0.717) is 19.5 Å². The lowest BCUT2D eigenvalue weighted by molar-refractivity contribution is -0.126. The first-order chi connectivity index (χ1) is 10.9. The standard InChI is InChI=1S/C18H27N3O2/c1-13-6-7-14(2)16(10-13)21-12-15(11-17(21)22)18(23)19-8-5-9-20(3)4/h6-7,10,15H,5,8-9,11-12H2,1-4H3,(H,19,23). The molecular formula is C18H27N3O2. The van der Waals surface area contributed by atoms with Crippen LogP contribution in [0.2, 0.25) is 0 Å². The summed E-state index contributed by atoms with van der Waals surface area (Å²) in [6.45, 7) is 6.08. The van der Waals surface area contributed by atoms with Gasteiger partial charge in [0.15, 0.2) is 0 Å². The fraction of sp³-hybridized carbons (Fsp3) is 0.556. The molecule has 0 aliphatic carbocycles. The minimum absolute atomic E-state index is 0.00934. The Bertz CT molecular complexity index is 584. The second-order valence-electron chi connectivity index (χ2n) is 6.64. The number of hydrogen-bond acceptors (Lipinski definition) is 3. The second-order valence-corrected chi connectivity index (χ2v) is 6.64. The highest BCUT2D eigenvalue weighted by Crippen LogP contribution is 2.28. The van der Waals surface area contributed by atoms with E-state index in [1.807, 2.05) is 46.1 Å². The average Bonchev–Trinajstić information content (AvgIpc) is 2.87. The Morgan fingerprint density at radius 2 is 2.09 bits per heavy atom. The largest absolute Gasteiger partial charge is 0.356 e. The number of nitrogens with one attached hydrogen (secondary N) is 1. The summed E-state index contributed by atoms with van der Waals surface area (Å²) in [6, 6.07) is 6.07. The van der Waals surface area contributed by atoms with Crippen molar-refractivity contribution in [1.29, 1.82) is 0 Å². The van der Waals surface area contributed by atoms with Crippen LogP contribution in [0.15, 0.2) is 18.2 Å². The fourth-order valence-electron chi connectivity index (χ4n) is 2.88. The minimum Gasteiger partial charge on any atom is -0.356 e. The van der Waals surface area contributed by atoms with Crippen molar-refractivity contribution in [2.45, 2.75) is 26.7 Å². The second kappa shape index (κ2) is 7.59. The van der Waals surface area contributed by atoms with Crippen molar-refractivity contribution in [1.82, 2.24) is 10.2 Å². The third-order valence-corrected chi connectivity index (χ3v) is 4.23. The number of carbonyl (C=O) groups excluding carboxylic acids is 2. The number of aryl methyl sites for hydroxylation is 2. The molecule has 1 unspecified atom stereocenters. The predicted molar refractivity (Wildman–Crippen MR) is 92.6 cm³/mol. The maximum absolute atomic E-state index is 12.3. The molecule has 1 aliphatic rings. The molecule has 23 heavy (non-hydrogen) atoms. The molecule has 1 saturated heterocycles. The number of hydrogen-bond donors (Lipinski definition) is 1. The highest BCUT2D eigenvalue weighted by Gasteiger charge is 2.35. The van der Waals surface area contributed by atoms with E-state index in [9.17, 15) is 9.59 Å². The number of nitrogens with zero attached hydrogens (tertiary/aromatic N) is 2. The molecule has 0 radical (unpaired) electrons. The van der Waals surface area contributed by atoms with Crippen LogP contribution in [-0.2, 0) is 9.59 Å². The summed E-state index contributed by atoms with van der Waals surface area (Å²) in [7, 11) is 4.03. The van der Waals surface area contributed by atoms with E-state index < -0.39 is 0 Å². The zero-order chi connectivity index (χ0) is 17.0. The van der Waals surface area contributed by atoms with Crippen molar-refractivity contribution >= 4 is 17.5 Å². The first-order valence-electron chi connectivity index (χ1n) is 8.18. The lowest BCUT2D eigenvalue weighted by Gasteiger charge is -2.19. The molecule has 1 fully saturated rings. The van der Waals surface area contributed by atoms with Gasteiger partial charge in [0.2, 0.25) is 11.8 Å². The fourth-order valence-corrected chi connectivity index (χ4v) is 2.88. The van der Waals surface area contributed by atoms with Crippen LogP contribution in [0.4, 0.5) is 5.69 Å². The van der Waals surface area contributed by atoms with Crippen molar-refractivity contribution in [2.24, 2.45) is 5.92 Å². The summed E-state index contributed by atoms with van der Waals surface area (Å²) >= 11 is 0. The van der Waals surface area contributed by atoms with Gasteiger partial charge in [-0.2, -0.15) is 0 Å². The minimum atomic E-state index is -0.248. The Balaban J connectivity index is 1.94. The summed E-state index contributed by atoms with van der Waals surface area (Å²) in [4.78, 5) is 28.4. The zero-order valence-corrected chi connectivity index (χ0v) is 14.6. The van der Waals surface area contributed by atoms with Crippen LogP contribution in [0.25, 0.3) is 0 Å². The zero-order valence-electron chi connectivity index (χ0n) is 14.6. The highest BCUT2D eigenvalue weighted by atomic mass is 16.2. The third-order valence-electron chi connectivity index (χ3n) is 4.23. The molecule has 1 atom stereocenters. The lowest BCUT2D eigenvalue weighted by Crippen LogP contribution is -2.34. The quantitative estimate of drug-likeness (QED) is 0.813. The van der Waals surface area contributed by atoms with Crippen LogP contribution in [0.3, 0.4) is 0 Å². The van der Waals surface area contributed by atoms with Crippen LogP contribution >= 0.6 is 0 Å². The van der Waals surface area contributed by atoms with Crippen molar-refractivity contribution in [3.63, 3.8) is 0 Å². The monoisotopic (exact) mass is 317 g/mol. The topological polar surface area (TPSA) is 52.7 Å². The van der Waals surface area contributed by atoms with Gasteiger partial charge < -0.3 is 15.1 Å². The van der Waals surface area contributed by atoms with E-state index in [0.717, 1.165) is 29.8 Å². The number of benzene rings is 1. The maximum atomic E-state index is 12.3. The van der Waals surface area contributed by atoms with Crippen LogP contribution in [0, 0.1) is 19.8 Å². The average molecular weight is 317 g/mol. The Kier molecular flexibility index (Phi) is 5.77. The number of amides is 2. The Hall–Kier alpha value is -1.88. The van der Waals surface area contributed by atoms with Crippen LogP contribution < -0.4 is 10.2 Å². The summed E-state index contributed by atoms with van der Waals surface area (Å²) in [5.74, 6) is -0.223. The Labute approximate surface area is 138 Å². The van der Waals surface area contributed by atoms with Crippen molar-refractivity contribution < 1.29 is 9.59 Å². The van der Waals surface area contributed by atoms with Crippen LogP contribution in [0.5, 0.6) is 0 Å². The number of anilines is 1. The first kappa shape index (κ1) is 17.5. The van der Waals surface area contributed by atoms with E-state index in [-0.39, 0.29) is 17.7 Å². The van der Waals surface area contributed by atoms with Crippen LogP contribution in [0.1, 0.15) is 24.0 Å². The molecule has 1 N–H and O–H groups in total. The SMILES string of the molecule is Cc1ccc(C)c(N2CC(C(=O)NCCCN(C)C)CC2=O)c1. The third kappa shape index (κ3) is 4.55. The number of carbonyl (C=O) groups is 2. The van der Waals surface area contributed by atoms with Gasteiger partial charge in [-0.15, -0.1) is 0 Å². The smallest absolute Gasteiger partial charge is 0.227 e. The van der Waals surface area contributed by atoms with Gasteiger partial charge in [-0.25, -0.2) is 0 Å². The maximum Gasteiger partial charge on any atom is 0.227 e. The first-order valence-corrected chi connectivity index (χ1v) is 8.18.